The van der Waals surface area contributed by atoms with Gasteiger partial charge in [-0.3, -0.25) is 9.97 Å². The molecule has 9 heteroatoms. The Bertz CT molecular complexity index is 1500. The molecule has 0 aromatic carbocycles. The highest BCUT2D eigenvalue weighted by Gasteiger charge is 2.00. The molecule has 0 radical (unpaired) electrons. The van der Waals surface area contributed by atoms with Gasteiger partial charge in [-0.05, 0) is 88.5 Å². The zero-order valence-corrected chi connectivity index (χ0v) is 35.0. The average Bonchev–Trinajstić information content (AvgIpc) is 3.95. The van der Waals surface area contributed by atoms with Crippen molar-refractivity contribution in [2.24, 2.45) is 0 Å². The number of thiophene rings is 1. The van der Waals surface area contributed by atoms with E-state index in [9.17, 15) is 0 Å². The zero-order valence-electron chi connectivity index (χ0n) is 33.4. The highest BCUT2D eigenvalue weighted by atomic mass is 32.1. The van der Waals surface area contributed by atoms with Crippen LogP contribution >= 0.6 is 22.7 Å². The summed E-state index contributed by atoms with van der Waals surface area (Å²) in [7, 11) is 0. The molecule has 52 heavy (non-hydrogen) atoms. The summed E-state index contributed by atoms with van der Waals surface area (Å²) in [4.78, 5) is 21.8. The van der Waals surface area contributed by atoms with Crippen molar-refractivity contribution in [2.45, 2.75) is 119 Å². The number of pyridine rings is 2. The molecule has 6 aromatic rings. The number of hydrogen-bond donors (Lipinski definition) is 1. The zero-order chi connectivity index (χ0) is 38.9. The first-order valence-electron chi connectivity index (χ1n) is 18.1. The number of anilines is 1. The molecule has 0 spiro atoms. The van der Waals surface area contributed by atoms with Crippen LogP contribution in [0.2, 0.25) is 0 Å². The maximum atomic E-state index is 5.49. The number of nitrogens with two attached hydrogens (primary N) is 1. The maximum absolute atomic E-state index is 5.49. The third-order valence-corrected chi connectivity index (χ3v) is 8.89. The monoisotopic (exact) mass is 742 g/mol. The predicted molar refractivity (Wildman–Crippen MR) is 225 cm³/mol. The molecule has 0 aliphatic heterocycles. The van der Waals surface area contributed by atoms with Crippen molar-refractivity contribution < 1.29 is 4.42 Å². The van der Waals surface area contributed by atoms with Crippen LogP contribution in [-0.4, -0.2) is 24.9 Å². The number of furan rings is 1. The van der Waals surface area contributed by atoms with E-state index in [0.717, 1.165) is 23.0 Å². The molecule has 0 aliphatic carbocycles. The van der Waals surface area contributed by atoms with Gasteiger partial charge >= 0.3 is 0 Å². The van der Waals surface area contributed by atoms with Gasteiger partial charge in [0.2, 0.25) is 0 Å². The van der Waals surface area contributed by atoms with E-state index in [0.29, 0.717) is 41.3 Å². The average molecular weight is 743 g/mol. The fourth-order valence-electron chi connectivity index (χ4n) is 3.85. The quantitative estimate of drug-likeness (QED) is 0.181. The molecular weight excluding hydrogens is 681 g/mol. The first kappa shape index (κ1) is 45.8. The molecule has 0 saturated heterocycles. The first-order chi connectivity index (χ1) is 24.7. The summed E-state index contributed by atoms with van der Waals surface area (Å²) in [6.07, 6.45) is 8.99. The molecule has 0 atom stereocenters. The van der Waals surface area contributed by atoms with Crippen LogP contribution in [0, 0.1) is 0 Å². The molecule has 0 unspecified atom stereocenters. The molecule has 282 valence electrons. The normalized spacial score (nSPS) is 10.3. The number of hydrogen-bond acceptors (Lipinski definition) is 9. The molecule has 0 fully saturated rings. The molecule has 6 rings (SSSR count). The lowest BCUT2D eigenvalue weighted by atomic mass is 10.1. The van der Waals surface area contributed by atoms with Gasteiger partial charge in [0, 0.05) is 52.9 Å². The summed E-state index contributed by atoms with van der Waals surface area (Å²) in [5.74, 6) is 5.88. The molecule has 6 heterocycles. The lowest BCUT2D eigenvalue weighted by Crippen LogP contribution is -1.95. The van der Waals surface area contributed by atoms with E-state index in [2.05, 4.69) is 125 Å². The molecule has 0 saturated carbocycles. The summed E-state index contributed by atoms with van der Waals surface area (Å²) in [5, 5.41) is 4.32. The molecule has 0 aliphatic rings. The van der Waals surface area contributed by atoms with Crippen molar-refractivity contribution in [1.82, 2.24) is 24.9 Å². The van der Waals surface area contributed by atoms with E-state index in [4.69, 9.17) is 10.2 Å². The standard InChI is InChI=1S/C8H12N2.C8H11N.C7H10N2.C7H10O.C7H10S.C6H9NS/c1-6(2)7-4-3-5-8(9)10-7;1-7(2)8-5-3-4-6-9-8;1-6(2)7-8-4-3-5-9-7;1-6(2)7-4-3-5-8-7;1-6(2)7-3-4-8-5-7;1-5(2)6-3-7-4-8-6/h3-6H,1-2H3,(H2,9,10);3-7H,1-2H3;3-6H,1-2H3;2*3-6H,1-2H3;3-5H,1-2H3. The van der Waals surface area contributed by atoms with E-state index in [1.807, 2.05) is 66.4 Å². The molecule has 6 aromatic heterocycles. The van der Waals surface area contributed by atoms with E-state index in [1.54, 1.807) is 47.4 Å². The predicted octanol–water partition coefficient (Wildman–Crippen LogP) is 13.1. The second-order valence-electron chi connectivity index (χ2n) is 13.8. The fraction of sp³-hybridized carbons (Fsp3) is 0.419. The van der Waals surface area contributed by atoms with Crippen LogP contribution in [0.1, 0.15) is 152 Å². The highest BCUT2D eigenvalue weighted by Crippen LogP contribution is 2.18. The number of rotatable bonds is 6. The van der Waals surface area contributed by atoms with Crippen molar-refractivity contribution in [3.8, 4) is 0 Å². The van der Waals surface area contributed by atoms with E-state index < -0.39 is 0 Å². The van der Waals surface area contributed by atoms with Gasteiger partial charge in [-0.15, -0.1) is 11.3 Å². The van der Waals surface area contributed by atoms with E-state index in [1.165, 1.54) is 10.4 Å². The Labute approximate surface area is 322 Å². The fourth-order valence-corrected chi connectivity index (χ4v) is 5.31. The smallest absolute Gasteiger partial charge is 0.130 e. The van der Waals surface area contributed by atoms with E-state index >= 15 is 0 Å². The van der Waals surface area contributed by atoms with Crippen LogP contribution in [0.25, 0.3) is 0 Å². The van der Waals surface area contributed by atoms with Gasteiger partial charge in [-0.1, -0.05) is 95.2 Å². The summed E-state index contributed by atoms with van der Waals surface area (Å²) < 4.78 is 5.09. The van der Waals surface area contributed by atoms with Crippen LogP contribution < -0.4 is 5.73 Å². The minimum absolute atomic E-state index is 0.436. The van der Waals surface area contributed by atoms with Gasteiger partial charge in [0.1, 0.15) is 17.4 Å². The number of nitrogens with zero attached hydrogens (tertiary/aromatic N) is 5. The Morgan fingerprint density at radius 2 is 1.25 bits per heavy atom. The maximum Gasteiger partial charge on any atom is 0.130 e. The Morgan fingerprint density at radius 1 is 0.596 bits per heavy atom. The van der Waals surface area contributed by atoms with Crippen LogP contribution in [0.5, 0.6) is 0 Å². The van der Waals surface area contributed by atoms with Gasteiger partial charge in [0.05, 0.1) is 11.8 Å². The topological polar surface area (TPSA) is 104 Å². The van der Waals surface area contributed by atoms with Crippen LogP contribution in [0.4, 0.5) is 5.82 Å². The van der Waals surface area contributed by atoms with E-state index in [-0.39, 0.29) is 0 Å². The summed E-state index contributed by atoms with van der Waals surface area (Å²) >= 11 is 3.49. The third kappa shape index (κ3) is 20.6. The molecular formula is C43H62N6OS2. The SMILES string of the molecule is CC(C)c1cccc(N)n1.CC(C)c1ccccn1.CC(C)c1ccco1.CC(C)c1ccsc1.CC(C)c1cncs1.CC(C)c1ncccn1. The Morgan fingerprint density at radius 3 is 1.56 bits per heavy atom. The highest BCUT2D eigenvalue weighted by molar-refractivity contribution is 7.09. The van der Waals surface area contributed by atoms with Crippen molar-refractivity contribution in [1.29, 1.82) is 0 Å². The molecule has 7 nitrogen and oxygen atoms in total. The van der Waals surface area contributed by atoms with Crippen LogP contribution in [0.3, 0.4) is 0 Å². The lowest BCUT2D eigenvalue weighted by Gasteiger charge is -2.02. The Balaban J connectivity index is 0.000000313. The van der Waals surface area contributed by atoms with Gasteiger partial charge in [0.15, 0.2) is 0 Å². The third-order valence-electron chi connectivity index (χ3n) is 7.11. The van der Waals surface area contributed by atoms with Crippen molar-refractivity contribution in [3.63, 3.8) is 0 Å². The number of nitrogen functional groups attached to an aromatic ring is 1. The second kappa shape index (κ2) is 26.5. The minimum atomic E-state index is 0.436. The van der Waals surface area contributed by atoms with Gasteiger partial charge < -0.3 is 10.2 Å². The van der Waals surface area contributed by atoms with Crippen LogP contribution in [-0.2, 0) is 0 Å². The molecule has 0 bridgehead atoms. The number of thiazole rings is 1. The molecule has 2 N–H and O–H groups in total. The van der Waals surface area contributed by atoms with Gasteiger partial charge in [0.25, 0.3) is 0 Å². The summed E-state index contributed by atoms with van der Waals surface area (Å²) in [5.41, 5.74) is 11.0. The van der Waals surface area contributed by atoms with Crippen molar-refractivity contribution in [3.05, 3.63) is 141 Å². The van der Waals surface area contributed by atoms with Crippen molar-refractivity contribution >= 4 is 28.5 Å². The number of aromatic nitrogens is 5. The summed E-state index contributed by atoms with van der Waals surface area (Å²) in [6.45, 7) is 25.6. The Kier molecular flexibility index (Phi) is 23.4. The largest absolute Gasteiger partial charge is 0.469 e. The molecule has 0 amide bonds. The van der Waals surface area contributed by atoms with Gasteiger partial charge in [-0.25, -0.2) is 15.0 Å². The van der Waals surface area contributed by atoms with Crippen LogP contribution in [0.15, 0.2) is 112 Å². The van der Waals surface area contributed by atoms with Gasteiger partial charge in [-0.2, -0.15) is 11.3 Å². The summed E-state index contributed by atoms with van der Waals surface area (Å²) in [6, 6.07) is 19.6. The second-order valence-corrected chi connectivity index (χ2v) is 15.5. The first-order valence-corrected chi connectivity index (χ1v) is 19.9. The minimum Gasteiger partial charge on any atom is -0.469 e. The van der Waals surface area contributed by atoms with Crippen molar-refractivity contribution in [2.75, 3.05) is 5.73 Å². The Hall–Kier alpha value is -4.21. The lowest BCUT2D eigenvalue weighted by molar-refractivity contribution is 0.487.